The molecule has 0 spiro atoms. The van der Waals surface area contributed by atoms with E-state index in [1.54, 1.807) is 24.3 Å². The lowest BCUT2D eigenvalue weighted by Crippen LogP contribution is -2.13. The highest BCUT2D eigenvalue weighted by Gasteiger charge is 2.31. The quantitative estimate of drug-likeness (QED) is 0.202. The van der Waals surface area contributed by atoms with Crippen molar-refractivity contribution in [2.24, 2.45) is 11.5 Å². The van der Waals surface area contributed by atoms with Gasteiger partial charge < -0.3 is 26.6 Å². The first kappa shape index (κ1) is 23.3. The van der Waals surface area contributed by atoms with E-state index in [9.17, 15) is 5.11 Å². The van der Waals surface area contributed by atoms with Crippen LogP contribution in [0, 0.1) is 17.7 Å². The maximum absolute atomic E-state index is 10.3. The second-order valence-electron chi connectivity index (χ2n) is 8.54. The topological polar surface area (TPSA) is 154 Å². The number of ether oxygens (including phenoxy) is 1. The van der Waals surface area contributed by atoms with Crippen molar-refractivity contribution in [1.29, 1.82) is 10.8 Å². The number of aliphatic hydroxyl groups excluding tert-OH is 1. The van der Waals surface area contributed by atoms with Gasteiger partial charge in [0, 0.05) is 46.1 Å². The number of nitrogens with two attached hydrogens (primary N) is 2. The number of nitrogens with one attached hydrogen (secondary N) is 3. The normalized spacial score (nSPS) is 12.9. The van der Waals surface area contributed by atoms with Crippen molar-refractivity contribution in [3.05, 3.63) is 87.7 Å². The van der Waals surface area contributed by atoms with E-state index >= 15 is 0 Å². The Bertz CT molecular complexity index is 1200. The zero-order valence-electron chi connectivity index (χ0n) is 19.2. The van der Waals surface area contributed by atoms with Crippen molar-refractivity contribution >= 4 is 17.4 Å². The molecule has 0 amide bonds. The molecule has 1 aliphatic rings. The number of nitrogens with zero attached hydrogens (tertiary/aromatic N) is 1. The van der Waals surface area contributed by atoms with Gasteiger partial charge in [0.2, 0.25) is 0 Å². The first-order chi connectivity index (χ1) is 16.4. The van der Waals surface area contributed by atoms with Crippen molar-refractivity contribution in [2.45, 2.75) is 45.4 Å². The number of rotatable bonds is 10. The van der Waals surface area contributed by atoms with Crippen LogP contribution in [0.2, 0.25) is 0 Å². The van der Waals surface area contributed by atoms with E-state index < -0.39 is 0 Å². The van der Waals surface area contributed by atoms with Gasteiger partial charge in [-0.1, -0.05) is 24.3 Å². The molecule has 4 rings (SSSR count). The summed E-state index contributed by atoms with van der Waals surface area (Å²) in [6, 6.07) is 14.7. The van der Waals surface area contributed by atoms with Crippen LogP contribution in [-0.4, -0.2) is 21.8 Å². The van der Waals surface area contributed by atoms with Crippen LogP contribution < -0.4 is 21.5 Å². The summed E-state index contributed by atoms with van der Waals surface area (Å²) in [5.41, 5.74) is 17.7. The summed E-state index contributed by atoms with van der Waals surface area (Å²) in [5, 5.41) is 28.8. The van der Waals surface area contributed by atoms with Gasteiger partial charge >= 0.3 is 0 Å². The molecule has 1 aromatic heterocycles. The predicted molar refractivity (Wildman–Crippen MR) is 133 cm³/mol. The van der Waals surface area contributed by atoms with Crippen LogP contribution in [0.15, 0.2) is 48.5 Å². The number of hydrogen-bond acceptors (Lipinski definition) is 6. The molecule has 8 N–H and O–H groups in total. The Morgan fingerprint density at radius 2 is 1.59 bits per heavy atom. The van der Waals surface area contributed by atoms with E-state index in [1.807, 2.05) is 31.2 Å². The first-order valence-corrected chi connectivity index (χ1v) is 11.2. The number of benzene rings is 2. The van der Waals surface area contributed by atoms with Crippen molar-refractivity contribution < 1.29 is 9.84 Å². The summed E-state index contributed by atoms with van der Waals surface area (Å²) in [7, 11) is 0. The largest absolute Gasteiger partial charge is 0.487 e. The predicted octanol–water partition coefficient (Wildman–Crippen LogP) is 3.52. The van der Waals surface area contributed by atoms with Crippen LogP contribution >= 0.6 is 0 Å². The fourth-order valence-electron chi connectivity index (χ4n) is 3.95. The fourth-order valence-corrected chi connectivity index (χ4v) is 3.95. The van der Waals surface area contributed by atoms with Gasteiger partial charge in [0.1, 0.15) is 24.0 Å². The minimum Gasteiger partial charge on any atom is -0.487 e. The second kappa shape index (κ2) is 9.93. The lowest BCUT2D eigenvalue weighted by molar-refractivity contribution is 0.255. The Morgan fingerprint density at radius 3 is 2.12 bits per heavy atom. The highest BCUT2D eigenvalue weighted by molar-refractivity contribution is 5.95. The summed E-state index contributed by atoms with van der Waals surface area (Å²) in [6.45, 7) is 2.58. The lowest BCUT2D eigenvalue weighted by atomic mass is 10.0. The molecule has 0 radical (unpaired) electrons. The summed E-state index contributed by atoms with van der Waals surface area (Å²) in [6.07, 6.45) is 2.20. The van der Waals surface area contributed by atoms with Gasteiger partial charge in [-0.3, -0.25) is 15.8 Å². The SMILES string of the molecule is Cc1nc(C2CC2)c(CNc2ccc(C(=N)N)cc2)c(CO)c1OCc1ccc(C(=N)N)cc1. The molecule has 0 saturated heterocycles. The molecule has 1 fully saturated rings. The Morgan fingerprint density at radius 1 is 1.00 bits per heavy atom. The number of amidine groups is 2. The number of aryl methyl sites for hydroxylation is 1. The molecule has 8 heteroatoms. The minimum atomic E-state index is -0.151. The van der Waals surface area contributed by atoms with Gasteiger partial charge in [-0.05, 0) is 49.6 Å². The Kier molecular flexibility index (Phi) is 6.79. The molecule has 1 heterocycles. The Balaban J connectivity index is 1.58. The molecular weight excluding hydrogens is 428 g/mol. The number of anilines is 1. The molecule has 0 atom stereocenters. The molecule has 176 valence electrons. The molecule has 34 heavy (non-hydrogen) atoms. The Hall–Kier alpha value is -3.91. The van der Waals surface area contributed by atoms with Crippen LogP contribution in [0.1, 0.15) is 58.0 Å². The number of aromatic nitrogens is 1. The minimum absolute atomic E-state index is 0.0267. The third-order valence-electron chi connectivity index (χ3n) is 6.00. The number of nitrogen functional groups attached to an aromatic ring is 2. The van der Waals surface area contributed by atoms with Crippen LogP contribution in [0.5, 0.6) is 5.75 Å². The zero-order chi connectivity index (χ0) is 24.2. The van der Waals surface area contributed by atoms with E-state index in [0.29, 0.717) is 35.9 Å². The zero-order valence-corrected chi connectivity index (χ0v) is 19.2. The van der Waals surface area contributed by atoms with Gasteiger partial charge in [0.05, 0.1) is 12.3 Å². The van der Waals surface area contributed by atoms with E-state index in [-0.39, 0.29) is 18.3 Å². The highest BCUT2D eigenvalue weighted by atomic mass is 16.5. The molecule has 0 aliphatic heterocycles. The van der Waals surface area contributed by atoms with E-state index in [2.05, 4.69) is 5.32 Å². The first-order valence-electron chi connectivity index (χ1n) is 11.2. The molecule has 2 aromatic carbocycles. The van der Waals surface area contributed by atoms with Crippen molar-refractivity contribution in [1.82, 2.24) is 4.98 Å². The monoisotopic (exact) mass is 458 g/mol. The van der Waals surface area contributed by atoms with Crippen LogP contribution in [-0.2, 0) is 19.8 Å². The maximum Gasteiger partial charge on any atom is 0.146 e. The fraction of sp³-hybridized carbons (Fsp3) is 0.269. The van der Waals surface area contributed by atoms with E-state index in [4.69, 9.17) is 32.0 Å². The summed E-state index contributed by atoms with van der Waals surface area (Å²) in [4.78, 5) is 4.88. The summed E-state index contributed by atoms with van der Waals surface area (Å²) >= 11 is 0. The van der Waals surface area contributed by atoms with Gasteiger partial charge in [-0.25, -0.2) is 0 Å². The van der Waals surface area contributed by atoms with E-state index in [1.165, 1.54) is 0 Å². The summed E-state index contributed by atoms with van der Waals surface area (Å²) < 4.78 is 6.16. The number of hydrogen-bond donors (Lipinski definition) is 6. The molecular formula is C26H30N6O2. The van der Waals surface area contributed by atoms with Crippen molar-refractivity contribution in [3.63, 3.8) is 0 Å². The maximum atomic E-state index is 10.3. The highest BCUT2D eigenvalue weighted by Crippen LogP contribution is 2.43. The van der Waals surface area contributed by atoms with Crippen LogP contribution in [0.4, 0.5) is 5.69 Å². The van der Waals surface area contributed by atoms with Gasteiger partial charge in [0.15, 0.2) is 0 Å². The van der Waals surface area contributed by atoms with Gasteiger partial charge in [0.25, 0.3) is 0 Å². The summed E-state index contributed by atoms with van der Waals surface area (Å²) in [5.74, 6) is 1.07. The van der Waals surface area contributed by atoms with Crippen molar-refractivity contribution in [3.8, 4) is 5.75 Å². The van der Waals surface area contributed by atoms with Gasteiger partial charge in [-0.15, -0.1) is 0 Å². The molecule has 1 saturated carbocycles. The third-order valence-corrected chi connectivity index (χ3v) is 6.00. The Labute approximate surface area is 199 Å². The number of aliphatic hydroxyl groups is 1. The standard InChI is InChI=1S/C26H30N6O2/c1-15-24(34-14-16-2-4-18(5-3-16)25(27)28)22(13-33)21(23(32-15)17-6-7-17)12-31-20-10-8-19(9-11-20)26(29)30/h2-5,8-11,17,31,33H,6-7,12-14H2,1H3,(H3,27,28)(H3,29,30). The van der Waals surface area contributed by atoms with Crippen LogP contribution in [0.3, 0.4) is 0 Å². The second-order valence-corrected chi connectivity index (χ2v) is 8.54. The average molecular weight is 459 g/mol. The molecule has 8 nitrogen and oxygen atoms in total. The van der Waals surface area contributed by atoms with Crippen LogP contribution in [0.25, 0.3) is 0 Å². The van der Waals surface area contributed by atoms with Gasteiger partial charge in [-0.2, -0.15) is 0 Å². The van der Waals surface area contributed by atoms with Crippen molar-refractivity contribution in [2.75, 3.05) is 5.32 Å². The molecule has 0 bridgehead atoms. The molecule has 0 unspecified atom stereocenters. The lowest BCUT2D eigenvalue weighted by Gasteiger charge is -2.20. The third kappa shape index (κ3) is 5.18. The number of pyridine rings is 1. The molecule has 1 aliphatic carbocycles. The molecule has 3 aromatic rings. The van der Waals surface area contributed by atoms with E-state index in [0.717, 1.165) is 46.6 Å². The average Bonchev–Trinajstić information content (AvgIpc) is 3.67. The smallest absolute Gasteiger partial charge is 0.146 e.